The third-order valence-electron chi connectivity index (χ3n) is 4.20. The lowest BCUT2D eigenvalue weighted by Crippen LogP contribution is -2.15. The van der Waals surface area contributed by atoms with Crippen molar-refractivity contribution in [3.8, 4) is 10.6 Å². The highest BCUT2D eigenvalue weighted by Gasteiger charge is 2.24. The molecular formula is C16H18N2S. The summed E-state index contributed by atoms with van der Waals surface area (Å²) >= 11 is 1.79. The Morgan fingerprint density at radius 2 is 1.89 bits per heavy atom. The Morgan fingerprint density at radius 3 is 2.58 bits per heavy atom. The Labute approximate surface area is 117 Å². The molecule has 19 heavy (non-hydrogen) atoms. The van der Waals surface area contributed by atoms with Gasteiger partial charge in [0.2, 0.25) is 0 Å². The van der Waals surface area contributed by atoms with E-state index in [1.54, 1.807) is 11.3 Å². The molecule has 98 valence electrons. The fourth-order valence-corrected chi connectivity index (χ4v) is 4.04. The molecule has 1 saturated carbocycles. The average molecular weight is 270 g/mol. The van der Waals surface area contributed by atoms with Crippen LogP contribution in [0.25, 0.3) is 10.6 Å². The minimum atomic E-state index is 0.209. The molecule has 2 aliphatic rings. The lowest BCUT2D eigenvalue weighted by atomic mass is 9.99. The number of nitrogens with zero attached hydrogens (tertiary/aromatic N) is 1. The standard InChI is InChI=1S/C16H18N2S/c17-13-2-1-3-14-15(13)19-16(18-14)12-8-6-11(7-9-12)10-4-5-10/h6-10,13H,1-5,17H2. The maximum atomic E-state index is 6.18. The number of nitrogens with two attached hydrogens (primary N) is 1. The van der Waals surface area contributed by atoms with Gasteiger partial charge in [0.1, 0.15) is 5.01 Å². The molecule has 1 aromatic carbocycles. The molecule has 1 atom stereocenters. The van der Waals surface area contributed by atoms with Crippen LogP contribution >= 0.6 is 11.3 Å². The zero-order chi connectivity index (χ0) is 12.8. The third kappa shape index (κ3) is 2.11. The van der Waals surface area contributed by atoms with Gasteiger partial charge in [-0.15, -0.1) is 11.3 Å². The summed E-state index contributed by atoms with van der Waals surface area (Å²) in [6.45, 7) is 0. The van der Waals surface area contributed by atoms with Crippen LogP contribution in [0.1, 0.15) is 53.8 Å². The van der Waals surface area contributed by atoms with Crippen molar-refractivity contribution in [2.45, 2.75) is 44.1 Å². The fourth-order valence-electron chi connectivity index (χ4n) is 2.89. The van der Waals surface area contributed by atoms with Crippen LogP contribution in [-0.4, -0.2) is 4.98 Å². The van der Waals surface area contributed by atoms with Gasteiger partial charge in [0.15, 0.2) is 0 Å². The summed E-state index contributed by atoms with van der Waals surface area (Å²) in [5, 5.41) is 1.14. The number of fused-ring (bicyclic) bond motifs is 1. The first-order valence-electron chi connectivity index (χ1n) is 7.17. The Morgan fingerprint density at radius 1 is 1.11 bits per heavy atom. The van der Waals surface area contributed by atoms with Gasteiger partial charge in [0, 0.05) is 16.5 Å². The van der Waals surface area contributed by atoms with E-state index in [0.29, 0.717) is 0 Å². The van der Waals surface area contributed by atoms with E-state index in [9.17, 15) is 0 Å². The summed E-state index contributed by atoms with van der Waals surface area (Å²) < 4.78 is 0. The lowest BCUT2D eigenvalue weighted by molar-refractivity contribution is 0.573. The monoisotopic (exact) mass is 270 g/mol. The van der Waals surface area contributed by atoms with Gasteiger partial charge in [-0.2, -0.15) is 0 Å². The van der Waals surface area contributed by atoms with Crippen molar-refractivity contribution in [3.63, 3.8) is 0 Å². The Bertz CT molecular complexity index is 596. The SMILES string of the molecule is NC1CCCc2nc(-c3ccc(C4CC4)cc3)sc21. The van der Waals surface area contributed by atoms with Crippen LogP contribution in [0.15, 0.2) is 24.3 Å². The minimum absolute atomic E-state index is 0.209. The molecule has 1 heterocycles. The molecule has 2 nitrogen and oxygen atoms in total. The minimum Gasteiger partial charge on any atom is -0.323 e. The van der Waals surface area contributed by atoms with Gasteiger partial charge in [-0.3, -0.25) is 0 Å². The van der Waals surface area contributed by atoms with Crippen molar-refractivity contribution in [1.82, 2.24) is 4.98 Å². The normalized spacial score (nSPS) is 22.3. The number of hydrogen-bond acceptors (Lipinski definition) is 3. The van der Waals surface area contributed by atoms with Crippen molar-refractivity contribution in [2.75, 3.05) is 0 Å². The van der Waals surface area contributed by atoms with Crippen LogP contribution in [-0.2, 0) is 6.42 Å². The molecule has 2 aliphatic carbocycles. The van der Waals surface area contributed by atoms with Crippen molar-refractivity contribution >= 4 is 11.3 Å². The predicted molar refractivity (Wildman–Crippen MR) is 79.4 cm³/mol. The van der Waals surface area contributed by atoms with Gasteiger partial charge in [0.05, 0.1) is 5.69 Å². The van der Waals surface area contributed by atoms with Crippen LogP contribution in [0.5, 0.6) is 0 Å². The van der Waals surface area contributed by atoms with Gasteiger partial charge >= 0.3 is 0 Å². The highest BCUT2D eigenvalue weighted by Crippen LogP contribution is 2.41. The lowest BCUT2D eigenvalue weighted by Gasteiger charge is -2.15. The molecule has 0 spiro atoms. The Balaban J connectivity index is 1.67. The molecule has 0 amide bonds. The molecule has 4 rings (SSSR count). The maximum Gasteiger partial charge on any atom is 0.123 e. The topological polar surface area (TPSA) is 38.9 Å². The van der Waals surface area contributed by atoms with E-state index < -0.39 is 0 Å². The highest BCUT2D eigenvalue weighted by atomic mass is 32.1. The summed E-state index contributed by atoms with van der Waals surface area (Å²) in [5.41, 5.74) is 10.2. The molecule has 1 aromatic heterocycles. The van der Waals surface area contributed by atoms with Crippen LogP contribution in [0.2, 0.25) is 0 Å². The molecule has 2 aromatic rings. The second-order valence-corrected chi connectivity index (χ2v) is 6.76. The first-order chi connectivity index (χ1) is 9.31. The van der Waals surface area contributed by atoms with Crippen molar-refractivity contribution in [3.05, 3.63) is 40.4 Å². The van der Waals surface area contributed by atoms with Crippen molar-refractivity contribution < 1.29 is 0 Å². The van der Waals surface area contributed by atoms with E-state index >= 15 is 0 Å². The van der Waals surface area contributed by atoms with Gasteiger partial charge < -0.3 is 5.73 Å². The second-order valence-electron chi connectivity index (χ2n) is 5.72. The highest BCUT2D eigenvalue weighted by molar-refractivity contribution is 7.15. The third-order valence-corrected chi connectivity index (χ3v) is 5.48. The van der Waals surface area contributed by atoms with E-state index in [1.807, 2.05) is 0 Å². The number of aryl methyl sites for hydroxylation is 1. The molecule has 1 unspecified atom stereocenters. The first-order valence-corrected chi connectivity index (χ1v) is 7.98. The smallest absolute Gasteiger partial charge is 0.123 e. The largest absolute Gasteiger partial charge is 0.323 e. The zero-order valence-electron chi connectivity index (χ0n) is 10.9. The number of rotatable bonds is 2. The number of aromatic nitrogens is 1. The molecule has 0 saturated heterocycles. The number of thiazole rings is 1. The summed E-state index contributed by atoms with van der Waals surface area (Å²) in [7, 11) is 0. The molecule has 0 radical (unpaired) electrons. The molecule has 2 N–H and O–H groups in total. The van der Waals surface area contributed by atoms with E-state index in [1.165, 1.54) is 41.0 Å². The van der Waals surface area contributed by atoms with Gasteiger partial charge in [0.25, 0.3) is 0 Å². The van der Waals surface area contributed by atoms with E-state index in [-0.39, 0.29) is 6.04 Å². The Kier molecular flexibility index (Phi) is 2.71. The van der Waals surface area contributed by atoms with E-state index in [4.69, 9.17) is 10.7 Å². The summed E-state index contributed by atoms with van der Waals surface area (Å²) in [6.07, 6.45) is 6.10. The fraction of sp³-hybridized carbons (Fsp3) is 0.438. The van der Waals surface area contributed by atoms with Crippen molar-refractivity contribution in [1.29, 1.82) is 0 Å². The zero-order valence-corrected chi connectivity index (χ0v) is 11.7. The molecule has 0 aliphatic heterocycles. The van der Waals surface area contributed by atoms with Crippen LogP contribution in [0.3, 0.4) is 0 Å². The van der Waals surface area contributed by atoms with Crippen LogP contribution in [0.4, 0.5) is 0 Å². The number of hydrogen-bond donors (Lipinski definition) is 1. The van der Waals surface area contributed by atoms with Gasteiger partial charge in [-0.05, 0) is 43.6 Å². The number of benzene rings is 1. The Hall–Kier alpha value is -1.19. The van der Waals surface area contributed by atoms with Crippen molar-refractivity contribution in [2.24, 2.45) is 5.73 Å². The van der Waals surface area contributed by atoms with E-state index in [0.717, 1.165) is 23.8 Å². The molecule has 3 heteroatoms. The molecule has 0 bridgehead atoms. The molecule has 1 fully saturated rings. The summed E-state index contributed by atoms with van der Waals surface area (Å²) in [4.78, 5) is 6.11. The molecular weight excluding hydrogens is 252 g/mol. The predicted octanol–water partition coefficient (Wildman–Crippen LogP) is 4.02. The maximum absolute atomic E-state index is 6.18. The van der Waals surface area contributed by atoms with Crippen LogP contribution in [0, 0.1) is 0 Å². The van der Waals surface area contributed by atoms with Gasteiger partial charge in [-0.25, -0.2) is 4.98 Å². The average Bonchev–Trinajstić information content (AvgIpc) is 3.19. The second kappa shape index (κ2) is 4.43. The first kappa shape index (κ1) is 11.6. The van der Waals surface area contributed by atoms with Crippen LogP contribution < -0.4 is 5.73 Å². The van der Waals surface area contributed by atoms with E-state index in [2.05, 4.69) is 24.3 Å². The van der Waals surface area contributed by atoms with Gasteiger partial charge in [-0.1, -0.05) is 24.3 Å². The quantitative estimate of drug-likeness (QED) is 0.895. The summed E-state index contributed by atoms with van der Waals surface area (Å²) in [6, 6.07) is 9.20. The summed E-state index contributed by atoms with van der Waals surface area (Å²) in [5.74, 6) is 0.826.